The van der Waals surface area contributed by atoms with E-state index in [2.05, 4.69) is 22.3 Å². The molecule has 2 heterocycles. The van der Waals surface area contributed by atoms with Crippen molar-refractivity contribution in [2.75, 3.05) is 5.32 Å². The predicted octanol–water partition coefficient (Wildman–Crippen LogP) is 3.56. The van der Waals surface area contributed by atoms with E-state index in [0.717, 1.165) is 16.2 Å². The van der Waals surface area contributed by atoms with E-state index < -0.39 is 0 Å². The summed E-state index contributed by atoms with van der Waals surface area (Å²) in [5, 5.41) is 8.38. The molecule has 0 aliphatic carbocycles. The molecule has 1 aromatic carbocycles. The van der Waals surface area contributed by atoms with Gasteiger partial charge in [0.2, 0.25) is 5.95 Å². The summed E-state index contributed by atoms with van der Waals surface area (Å²) in [6, 6.07) is 13.7. The van der Waals surface area contributed by atoms with Crippen LogP contribution in [0.4, 0.5) is 5.95 Å². The maximum atomic E-state index is 5.88. The highest BCUT2D eigenvalue weighted by Gasteiger charge is 2.08. The predicted molar refractivity (Wildman–Crippen MR) is 76.5 cm³/mol. The summed E-state index contributed by atoms with van der Waals surface area (Å²) in [5.41, 5.74) is 1.97. The quantitative estimate of drug-likeness (QED) is 0.793. The van der Waals surface area contributed by atoms with Crippen LogP contribution in [0.5, 0.6) is 0 Å². The summed E-state index contributed by atoms with van der Waals surface area (Å²) in [4.78, 5) is 4.41. The highest BCUT2D eigenvalue weighted by molar-refractivity contribution is 6.30. The van der Waals surface area contributed by atoms with Crippen molar-refractivity contribution in [2.45, 2.75) is 13.0 Å². The minimum Gasteiger partial charge on any atom is -0.346 e. The number of fused-ring (bicyclic) bond motifs is 1. The lowest BCUT2D eigenvalue weighted by molar-refractivity contribution is 0.853. The lowest BCUT2D eigenvalue weighted by atomic mass is 10.1. The molecule has 0 amide bonds. The fourth-order valence-corrected chi connectivity index (χ4v) is 2.05. The number of benzene rings is 1. The van der Waals surface area contributed by atoms with Crippen LogP contribution in [0.1, 0.15) is 18.5 Å². The SMILES string of the molecule is CC(Nc1nc2ccccn2n1)c1ccc(Cl)cc1. The number of hydrogen-bond acceptors (Lipinski definition) is 3. The number of halogens is 1. The Hall–Kier alpha value is -2.07. The van der Waals surface area contributed by atoms with Crippen molar-refractivity contribution in [3.63, 3.8) is 0 Å². The first-order valence-corrected chi connectivity index (χ1v) is 6.43. The third-order valence-corrected chi connectivity index (χ3v) is 3.21. The molecule has 5 heteroatoms. The number of rotatable bonds is 3. The molecule has 1 atom stereocenters. The Bertz CT molecular complexity index is 657. The zero-order valence-corrected chi connectivity index (χ0v) is 11.2. The molecular weight excluding hydrogens is 260 g/mol. The van der Waals surface area contributed by atoms with Crippen LogP contribution in [0.15, 0.2) is 48.7 Å². The zero-order chi connectivity index (χ0) is 13.2. The van der Waals surface area contributed by atoms with Gasteiger partial charge in [-0.15, -0.1) is 5.10 Å². The average Bonchev–Trinajstić information content (AvgIpc) is 2.81. The lowest BCUT2D eigenvalue weighted by Gasteiger charge is -2.12. The summed E-state index contributed by atoms with van der Waals surface area (Å²) < 4.78 is 1.75. The second kappa shape index (κ2) is 4.90. The van der Waals surface area contributed by atoms with Crippen molar-refractivity contribution < 1.29 is 0 Å². The van der Waals surface area contributed by atoms with Gasteiger partial charge in [-0.2, -0.15) is 4.98 Å². The van der Waals surface area contributed by atoms with Crippen molar-refractivity contribution in [3.8, 4) is 0 Å². The molecule has 4 nitrogen and oxygen atoms in total. The Morgan fingerprint density at radius 3 is 2.68 bits per heavy atom. The molecule has 1 N–H and O–H groups in total. The second-order valence-electron chi connectivity index (χ2n) is 4.36. The molecule has 0 spiro atoms. The minimum atomic E-state index is 0.120. The number of pyridine rings is 1. The van der Waals surface area contributed by atoms with Gasteiger partial charge in [0.25, 0.3) is 0 Å². The molecule has 0 aliphatic heterocycles. The van der Waals surface area contributed by atoms with Crippen LogP contribution in [0.25, 0.3) is 5.65 Å². The van der Waals surface area contributed by atoms with Crippen molar-refractivity contribution in [3.05, 3.63) is 59.2 Å². The third-order valence-electron chi connectivity index (χ3n) is 2.96. The Balaban J connectivity index is 1.82. The van der Waals surface area contributed by atoms with E-state index in [1.165, 1.54) is 0 Å². The summed E-state index contributed by atoms with van der Waals surface area (Å²) in [7, 11) is 0. The smallest absolute Gasteiger partial charge is 0.243 e. The Labute approximate surface area is 116 Å². The van der Waals surface area contributed by atoms with Crippen LogP contribution < -0.4 is 5.32 Å². The summed E-state index contributed by atoms with van der Waals surface area (Å²) in [6.07, 6.45) is 1.88. The number of anilines is 1. The fourth-order valence-electron chi connectivity index (χ4n) is 1.92. The number of nitrogens with one attached hydrogen (secondary N) is 1. The molecule has 1 unspecified atom stereocenters. The topological polar surface area (TPSA) is 42.2 Å². The van der Waals surface area contributed by atoms with Gasteiger partial charge in [0, 0.05) is 11.2 Å². The van der Waals surface area contributed by atoms with Gasteiger partial charge < -0.3 is 5.32 Å². The van der Waals surface area contributed by atoms with Crippen molar-refractivity contribution >= 4 is 23.2 Å². The number of hydrogen-bond donors (Lipinski definition) is 1. The van der Waals surface area contributed by atoms with Gasteiger partial charge in [-0.3, -0.25) is 0 Å². The van der Waals surface area contributed by atoms with Gasteiger partial charge in [-0.05, 0) is 36.8 Å². The maximum Gasteiger partial charge on any atom is 0.243 e. The van der Waals surface area contributed by atoms with Gasteiger partial charge in [-0.25, -0.2) is 4.52 Å². The van der Waals surface area contributed by atoms with Crippen LogP contribution in [-0.2, 0) is 0 Å². The Kier molecular flexibility index (Phi) is 3.09. The van der Waals surface area contributed by atoms with E-state index >= 15 is 0 Å². The third kappa shape index (κ3) is 2.53. The van der Waals surface area contributed by atoms with Crippen LogP contribution in [-0.4, -0.2) is 14.6 Å². The van der Waals surface area contributed by atoms with E-state index in [1.807, 2.05) is 48.7 Å². The highest BCUT2D eigenvalue weighted by Crippen LogP contribution is 2.19. The molecule has 0 bridgehead atoms. The maximum absolute atomic E-state index is 5.88. The molecule has 3 aromatic rings. The van der Waals surface area contributed by atoms with Gasteiger partial charge in [0.15, 0.2) is 5.65 Å². The van der Waals surface area contributed by atoms with Crippen LogP contribution in [0.3, 0.4) is 0 Å². The molecule has 0 fully saturated rings. The Morgan fingerprint density at radius 2 is 1.95 bits per heavy atom. The van der Waals surface area contributed by atoms with Crippen molar-refractivity contribution in [1.29, 1.82) is 0 Å². The number of nitrogens with zero attached hydrogens (tertiary/aromatic N) is 3. The molecule has 3 rings (SSSR count). The van der Waals surface area contributed by atoms with E-state index in [1.54, 1.807) is 4.52 Å². The molecule has 0 radical (unpaired) electrons. The fraction of sp³-hybridized carbons (Fsp3) is 0.143. The van der Waals surface area contributed by atoms with Gasteiger partial charge in [0.1, 0.15) is 0 Å². The Morgan fingerprint density at radius 1 is 1.16 bits per heavy atom. The van der Waals surface area contributed by atoms with E-state index in [0.29, 0.717) is 5.95 Å². The first kappa shape index (κ1) is 12.0. The largest absolute Gasteiger partial charge is 0.346 e. The summed E-state index contributed by atoms with van der Waals surface area (Å²) in [5.74, 6) is 0.619. The molecule has 19 heavy (non-hydrogen) atoms. The van der Waals surface area contributed by atoms with Gasteiger partial charge >= 0.3 is 0 Å². The number of aromatic nitrogens is 3. The standard InChI is InChI=1S/C14H13ClN4/c1-10(11-5-7-12(15)8-6-11)16-14-17-13-4-2-3-9-19(13)18-14/h2-10H,1H3,(H,16,18). The van der Waals surface area contributed by atoms with E-state index in [4.69, 9.17) is 11.6 Å². The summed E-state index contributed by atoms with van der Waals surface area (Å²) in [6.45, 7) is 2.06. The van der Waals surface area contributed by atoms with E-state index in [9.17, 15) is 0 Å². The molecule has 0 saturated heterocycles. The van der Waals surface area contributed by atoms with Crippen molar-refractivity contribution in [2.24, 2.45) is 0 Å². The normalized spacial score (nSPS) is 12.5. The van der Waals surface area contributed by atoms with Crippen molar-refractivity contribution in [1.82, 2.24) is 14.6 Å². The van der Waals surface area contributed by atoms with Gasteiger partial charge in [-0.1, -0.05) is 29.8 Å². The lowest BCUT2D eigenvalue weighted by Crippen LogP contribution is -2.07. The zero-order valence-electron chi connectivity index (χ0n) is 10.4. The average molecular weight is 273 g/mol. The molecular formula is C14H13ClN4. The molecule has 2 aromatic heterocycles. The van der Waals surface area contributed by atoms with E-state index in [-0.39, 0.29) is 6.04 Å². The molecule has 0 aliphatic rings. The first-order valence-electron chi connectivity index (χ1n) is 6.06. The van der Waals surface area contributed by atoms with Crippen LogP contribution >= 0.6 is 11.6 Å². The van der Waals surface area contributed by atoms with Crippen LogP contribution in [0, 0.1) is 0 Å². The highest BCUT2D eigenvalue weighted by atomic mass is 35.5. The second-order valence-corrected chi connectivity index (χ2v) is 4.79. The molecule has 96 valence electrons. The first-order chi connectivity index (χ1) is 9.22. The van der Waals surface area contributed by atoms with Gasteiger partial charge in [0.05, 0.1) is 6.04 Å². The summed E-state index contributed by atoms with van der Waals surface area (Å²) >= 11 is 5.88. The minimum absolute atomic E-state index is 0.120. The van der Waals surface area contributed by atoms with Crippen LogP contribution in [0.2, 0.25) is 5.02 Å². The molecule has 0 saturated carbocycles. The monoisotopic (exact) mass is 272 g/mol.